The van der Waals surface area contributed by atoms with Crippen LogP contribution >= 0.6 is 11.3 Å². The zero-order valence-electron chi connectivity index (χ0n) is 12.0. The predicted octanol–water partition coefficient (Wildman–Crippen LogP) is 3.59. The summed E-state index contributed by atoms with van der Waals surface area (Å²) in [5.41, 5.74) is 0. The van der Waals surface area contributed by atoms with Gasteiger partial charge in [0, 0.05) is 11.8 Å². The van der Waals surface area contributed by atoms with Gasteiger partial charge >= 0.3 is 0 Å². The van der Waals surface area contributed by atoms with Gasteiger partial charge in [0.05, 0.1) is 0 Å². The van der Waals surface area contributed by atoms with Gasteiger partial charge in [0.15, 0.2) is 0 Å². The number of rotatable bonds is 5. The number of anilines is 1. The van der Waals surface area contributed by atoms with E-state index in [0.717, 1.165) is 30.7 Å². The molecule has 0 spiro atoms. The summed E-state index contributed by atoms with van der Waals surface area (Å²) in [6, 6.07) is 0. The van der Waals surface area contributed by atoms with Crippen LogP contribution < -0.4 is 5.32 Å². The third kappa shape index (κ3) is 2.51. The summed E-state index contributed by atoms with van der Waals surface area (Å²) in [5.74, 6) is 1.76. The number of nitrogens with one attached hydrogen (secondary N) is 1. The summed E-state index contributed by atoms with van der Waals surface area (Å²) < 4.78 is 0. The molecule has 2 aliphatic rings. The van der Waals surface area contributed by atoms with E-state index < -0.39 is 0 Å². The van der Waals surface area contributed by atoms with E-state index in [2.05, 4.69) is 41.5 Å². The largest absolute Gasteiger partial charge is 0.300 e. The van der Waals surface area contributed by atoms with Crippen LogP contribution in [0.5, 0.6) is 0 Å². The molecule has 0 aromatic carbocycles. The van der Waals surface area contributed by atoms with Gasteiger partial charge in [-0.1, -0.05) is 37.3 Å². The van der Waals surface area contributed by atoms with Crippen molar-refractivity contribution in [1.82, 2.24) is 10.2 Å². The second-order valence-electron chi connectivity index (χ2n) is 5.83. The topological polar surface area (TPSA) is 54.9 Å². The second kappa shape index (κ2) is 5.64. The maximum absolute atomic E-state index is 12.3. The molecule has 1 saturated carbocycles. The predicted molar refractivity (Wildman–Crippen MR) is 80.7 cm³/mol. The minimum atomic E-state index is 0.120. The molecule has 20 heavy (non-hydrogen) atoms. The summed E-state index contributed by atoms with van der Waals surface area (Å²) in [4.78, 5) is 12.3. The molecule has 0 saturated heterocycles. The van der Waals surface area contributed by atoms with E-state index in [1.54, 1.807) is 0 Å². The standard InChI is InChI=1S/C15H21N3OS/c1-3-10(4-2)14-17-18-15(20-14)16-13(19)12-8-9-5-6-11(12)7-9/h5-6,9-12H,3-4,7-8H2,1-2H3,(H,16,18,19). The summed E-state index contributed by atoms with van der Waals surface area (Å²) in [7, 11) is 0. The van der Waals surface area contributed by atoms with Crippen LogP contribution in [0.4, 0.5) is 5.13 Å². The summed E-state index contributed by atoms with van der Waals surface area (Å²) in [6.07, 6.45) is 8.73. The van der Waals surface area contributed by atoms with Crippen LogP contribution in [0.15, 0.2) is 12.2 Å². The van der Waals surface area contributed by atoms with E-state index in [4.69, 9.17) is 0 Å². The number of carbonyl (C=O) groups is 1. The molecular formula is C15H21N3OS. The highest BCUT2D eigenvalue weighted by Gasteiger charge is 2.40. The molecule has 2 aliphatic carbocycles. The smallest absolute Gasteiger partial charge is 0.229 e. The maximum atomic E-state index is 12.3. The van der Waals surface area contributed by atoms with Crippen molar-refractivity contribution >= 4 is 22.4 Å². The van der Waals surface area contributed by atoms with Crippen molar-refractivity contribution in [3.63, 3.8) is 0 Å². The summed E-state index contributed by atoms with van der Waals surface area (Å²) >= 11 is 1.53. The van der Waals surface area contributed by atoms with E-state index in [1.807, 2.05) is 0 Å². The molecule has 1 aromatic heterocycles. The van der Waals surface area contributed by atoms with Gasteiger partial charge in [-0.05, 0) is 37.5 Å². The molecule has 5 heteroatoms. The molecule has 4 nitrogen and oxygen atoms in total. The van der Waals surface area contributed by atoms with Crippen molar-refractivity contribution in [1.29, 1.82) is 0 Å². The average molecular weight is 291 g/mol. The zero-order chi connectivity index (χ0) is 14.1. The first kappa shape index (κ1) is 13.7. The molecular weight excluding hydrogens is 270 g/mol. The number of carbonyl (C=O) groups excluding carboxylic acids is 1. The maximum Gasteiger partial charge on any atom is 0.229 e. The zero-order valence-corrected chi connectivity index (χ0v) is 12.8. The van der Waals surface area contributed by atoms with Crippen LogP contribution in [0, 0.1) is 17.8 Å². The minimum absolute atomic E-state index is 0.120. The summed E-state index contributed by atoms with van der Waals surface area (Å²) in [6.45, 7) is 4.32. The lowest BCUT2D eigenvalue weighted by molar-refractivity contribution is -0.120. The van der Waals surface area contributed by atoms with Crippen LogP contribution in [-0.2, 0) is 4.79 Å². The van der Waals surface area contributed by atoms with Gasteiger partial charge in [0.2, 0.25) is 11.0 Å². The second-order valence-corrected chi connectivity index (χ2v) is 6.84. The quantitative estimate of drug-likeness (QED) is 0.843. The Hall–Kier alpha value is -1.23. The number of allylic oxidation sites excluding steroid dienone is 2. The molecule has 1 fully saturated rings. The lowest BCUT2D eigenvalue weighted by Crippen LogP contribution is -2.25. The van der Waals surface area contributed by atoms with E-state index in [-0.39, 0.29) is 11.8 Å². The van der Waals surface area contributed by atoms with E-state index in [9.17, 15) is 4.79 Å². The number of aromatic nitrogens is 2. The van der Waals surface area contributed by atoms with Crippen molar-refractivity contribution in [2.75, 3.05) is 5.32 Å². The molecule has 1 aromatic rings. The number of hydrogen-bond donors (Lipinski definition) is 1. The van der Waals surface area contributed by atoms with Crippen LogP contribution in [-0.4, -0.2) is 16.1 Å². The van der Waals surface area contributed by atoms with Gasteiger partial charge in [-0.15, -0.1) is 10.2 Å². The molecule has 3 rings (SSSR count). The first-order valence-electron chi connectivity index (χ1n) is 7.53. The molecule has 0 radical (unpaired) electrons. The summed E-state index contributed by atoms with van der Waals surface area (Å²) in [5, 5.41) is 13.0. The van der Waals surface area contributed by atoms with Gasteiger partial charge < -0.3 is 5.32 Å². The number of hydrogen-bond acceptors (Lipinski definition) is 4. The Labute approximate surface area is 123 Å². The SMILES string of the molecule is CCC(CC)c1nnc(NC(=O)C2CC3C=CC2C3)s1. The van der Waals surface area contributed by atoms with Crippen LogP contribution in [0.1, 0.15) is 50.5 Å². The fourth-order valence-electron chi connectivity index (χ4n) is 3.37. The molecule has 3 atom stereocenters. The first-order chi connectivity index (χ1) is 9.71. The molecule has 1 N–H and O–H groups in total. The number of fused-ring (bicyclic) bond motifs is 2. The first-order valence-corrected chi connectivity index (χ1v) is 8.35. The number of nitrogens with zero attached hydrogens (tertiary/aromatic N) is 2. The van der Waals surface area contributed by atoms with Crippen molar-refractivity contribution in [3.8, 4) is 0 Å². The van der Waals surface area contributed by atoms with Gasteiger partial charge in [0.1, 0.15) is 5.01 Å². The van der Waals surface area contributed by atoms with Gasteiger partial charge in [-0.2, -0.15) is 0 Å². The molecule has 108 valence electrons. The minimum Gasteiger partial charge on any atom is -0.300 e. The van der Waals surface area contributed by atoms with Gasteiger partial charge in [0.25, 0.3) is 0 Å². The molecule has 0 aliphatic heterocycles. The average Bonchev–Trinajstić information content (AvgIpc) is 3.16. The Morgan fingerprint density at radius 3 is 2.75 bits per heavy atom. The number of amides is 1. The third-order valence-electron chi connectivity index (χ3n) is 4.62. The highest BCUT2D eigenvalue weighted by molar-refractivity contribution is 7.15. The van der Waals surface area contributed by atoms with E-state index >= 15 is 0 Å². The van der Waals surface area contributed by atoms with Crippen LogP contribution in [0.25, 0.3) is 0 Å². The lowest BCUT2D eigenvalue weighted by atomic mass is 9.93. The van der Waals surface area contributed by atoms with Gasteiger partial charge in [-0.3, -0.25) is 4.79 Å². The third-order valence-corrected chi connectivity index (χ3v) is 5.62. The van der Waals surface area contributed by atoms with Crippen molar-refractivity contribution in [2.24, 2.45) is 17.8 Å². The van der Waals surface area contributed by atoms with Gasteiger partial charge in [-0.25, -0.2) is 0 Å². The van der Waals surface area contributed by atoms with Crippen molar-refractivity contribution in [2.45, 2.75) is 45.4 Å². The Kier molecular flexibility index (Phi) is 3.87. The molecule has 1 amide bonds. The van der Waals surface area contributed by atoms with E-state index in [0.29, 0.717) is 22.9 Å². The highest BCUT2D eigenvalue weighted by atomic mass is 32.1. The van der Waals surface area contributed by atoms with Crippen molar-refractivity contribution in [3.05, 3.63) is 17.2 Å². The molecule has 1 heterocycles. The Morgan fingerprint density at radius 2 is 2.15 bits per heavy atom. The fourth-order valence-corrected chi connectivity index (χ4v) is 4.38. The van der Waals surface area contributed by atoms with E-state index in [1.165, 1.54) is 11.3 Å². The van der Waals surface area contributed by atoms with Crippen LogP contribution in [0.3, 0.4) is 0 Å². The van der Waals surface area contributed by atoms with Crippen LogP contribution in [0.2, 0.25) is 0 Å². The molecule has 3 unspecified atom stereocenters. The Morgan fingerprint density at radius 1 is 1.35 bits per heavy atom. The normalized spacial score (nSPS) is 27.4. The monoisotopic (exact) mass is 291 g/mol. The Bertz CT molecular complexity index is 521. The Balaban J connectivity index is 1.63. The lowest BCUT2D eigenvalue weighted by Gasteiger charge is -2.16. The van der Waals surface area contributed by atoms with Crippen molar-refractivity contribution < 1.29 is 4.79 Å². The molecule has 2 bridgehead atoms. The highest BCUT2D eigenvalue weighted by Crippen LogP contribution is 2.43. The fraction of sp³-hybridized carbons (Fsp3) is 0.667.